The number of aromatic nitrogens is 1. The smallest absolute Gasteiger partial charge is 0.224 e. The Balaban J connectivity index is 1.40. The summed E-state index contributed by atoms with van der Waals surface area (Å²) in [6.45, 7) is 0.555. The minimum Gasteiger partial charge on any atom is -0.321 e. The number of halogens is 2. The highest BCUT2D eigenvalue weighted by atomic mass is 19.2. The molecule has 4 rings (SSSR count). The van der Waals surface area contributed by atoms with Gasteiger partial charge in [-0.3, -0.25) is 15.2 Å². The van der Waals surface area contributed by atoms with Gasteiger partial charge in [0.2, 0.25) is 5.91 Å². The molecule has 1 saturated heterocycles. The molecule has 0 bridgehead atoms. The summed E-state index contributed by atoms with van der Waals surface area (Å²) in [5, 5.41) is 4.35. The summed E-state index contributed by atoms with van der Waals surface area (Å²) in [5.41, 5.74) is 5.59. The third kappa shape index (κ3) is 3.16. The molecule has 2 aromatic rings. The molecule has 0 radical (unpaired) electrons. The quantitative estimate of drug-likeness (QED) is 0.920. The molecule has 5 nitrogen and oxygen atoms in total. The number of pyridine rings is 1. The van der Waals surface area contributed by atoms with Crippen LogP contribution in [0.15, 0.2) is 47.8 Å². The SMILES string of the molecule is O=C1CC(c2ccc(F)c(F)c2)CCN1C1CC(c2ccncc2)=NN1. The van der Waals surface area contributed by atoms with Gasteiger partial charge in [0.15, 0.2) is 11.6 Å². The van der Waals surface area contributed by atoms with Crippen molar-refractivity contribution >= 4 is 11.6 Å². The maximum Gasteiger partial charge on any atom is 0.224 e. The molecule has 2 atom stereocenters. The van der Waals surface area contributed by atoms with E-state index in [0.29, 0.717) is 24.9 Å². The number of hydrogen-bond donors (Lipinski definition) is 1. The van der Waals surface area contributed by atoms with Gasteiger partial charge < -0.3 is 4.90 Å². The monoisotopic (exact) mass is 356 g/mol. The third-order valence-electron chi connectivity index (χ3n) is 5.00. The number of benzene rings is 1. The molecule has 1 amide bonds. The Morgan fingerprint density at radius 1 is 1.08 bits per heavy atom. The van der Waals surface area contributed by atoms with Gasteiger partial charge in [-0.25, -0.2) is 8.78 Å². The Bertz CT molecular complexity index is 856. The van der Waals surface area contributed by atoms with E-state index < -0.39 is 11.6 Å². The standard InChI is InChI=1S/C19H18F2N4O/c20-15-2-1-13(9-16(15)21)14-5-8-25(19(26)10-14)18-11-17(23-24-18)12-3-6-22-7-4-12/h1-4,6-7,9,14,18,24H,5,8,10-11H2. The van der Waals surface area contributed by atoms with Crippen molar-refractivity contribution in [1.82, 2.24) is 15.3 Å². The lowest BCUT2D eigenvalue weighted by molar-refractivity contribution is -0.136. The van der Waals surface area contributed by atoms with E-state index in [1.807, 2.05) is 12.1 Å². The summed E-state index contributed by atoms with van der Waals surface area (Å²) in [6, 6.07) is 7.65. The van der Waals surface area contributed by atoms with E-state index in [9.17, 15) is 13.6 Å². The molecular weight excluding hydrogens is 338 g/mol. The van der Waals surface area contributed by atoms with Crippen LogP contribution in [-0.4, -0.2) is 34.2 Å². The first kappa shape index (κ1) is 16.6. The zero-order valence-corrected chi connectivity index (χ0v) is 14.0. The van der Waals surface area contributed by atoms with Crippen LogP contribution in [0, 0.1) is 11.6 Å². The topological polar surface area (TPSA) is 57.6 Å². The molecule has 1 fully saturated rings. The number of hydrazone groups is 1. The molecular formula is C19H18F2N4O. The number of rotatable bonds is 3. The summed E-state index contributed by atoms with van der Waals surface area (Å²) in [6.07, 6.45) is 4.88. The number of piperidine rings is 1. The van der Waals surface area contributed by atoms with Crippen molar-refractivity contribution in [2.24, 2.45) is 5.10 Å². The molecule has 0 spiro atoms. The Labute approximate surface area is 149 Å². The fourth-order valence-electron chi connectivity index (χ4n) is 3.56. The minimum absolute atomic E-state index is 0.00494. The second kappa shape index (κ2) is 6.82. The zero-order chi connectivity index (χ0) is 18.1. The maximum atomic E-state index is 13.5. The largest absolute Gasteiger partial charge is 0.321 e. The Kier molecular flexibility index (Phi) is 4.36. The number of carbonyl (C=O) groups is 1. The first-order valence-corrected chi connectivity index (χ1v) is 8.58. The van der Waals surface area contributed by atoms with Crippen LogP contribution < -0.4 is 5.43 Å². The van der Waals surface area contributed by atoms with E-state index in [1.54, 1.807) is 23.4 Å². The van der Waals surface area contributed by atoms with Crippen LogP contribution in [0.5, 0.6) is 0 Å². The van der Waals surface area contributed by atoms with Gasteiger partial charge in [0.25, 0.3) is 0 Å². The van der Waals surface area contributed by atoms with E-state index >= 15 is 0 Å². The lowest BCUT2D eigenvalue weighted by Crippen LogP contribution is -2.49. The summed E-state index contributed by atoms with van der Waals surface area (Å²) in [5.74, 6) is -1.83. The Morgan fingerprint density at radius 2 is 1.88 bits per heavy atom. The van der Waals surface area contributed by atoms with Crippen molar-refractivity contribution < 1.29 is 13.6 Å². The van der Waals surface area contributed by atoms with E-state index in [0.717, 1.165) is 17.3 Å². The molecule has 2 aliphatic rings. The first-order chi connectivity index (χ1) is 12.6. The second-order valence-corrected chi connectivity index (χ2v) is 6.59. The molecule has 1 aromatic carbocycles. The van der Waals surface area contributed by atoms with Gasteiger partial charge in [-0.05, 0) is 42.2 Å². The van der Waals surface area contributed by atoms with Crippen LogP contribution >= 0.6 is 0 Å². The van der Waals surface area contributed by atoms with Crippen LogP contribution in [0.25, 0.3) is 0 Å². The first-order valence-electron chi connectivity index (χ1n) is 8.58. The fourth-order valence-corrected chi connectivity index (χ4v) is 3.56. The van der Waals surface area contributed by atoms with Gasteiger partial charge in [0.05, 0.1) is 5.71 Å². The molecule has 7 heteroatoms. The molecule has 0 aliphatic carbocycles. The maximum absolute atomic E-state index is 13.5. The number of hydrogen-bond acceptors (Lipinski definition) is 4. The predicted octanol–water partition coefficient (Wildman–Crippen LogP) is 2.79. The van der Waals surface area contributed by atoms with Crippen molar-refractivity contribution in [2.45, 2.75) is 31.3 Å². The van der Waals surface area contributed by atoms with E-state index in [-0.39, 0.29) is 24.4 Å². The molecule has 1 N–H and O–H groups in total. The zero-order valence-electron chi connectivity index (χ0n) is 14.0. The molecule has 1 aromatic heterocycles. The van der Waals surface area contributed by atoms with Gasteiger partial charge in [-0.2, -0.15) is 5.10 Å². The third-order valence-corrected chi connectivity index (χ3v) is 5.00. The van der Waals surface area contributed by atoms with Gasteiger partial charge in [0, 0.05) is 37.3 Å². The number of carbonyl (C=O) groups excluding carboxylic acids is 1. The van der Waals surface area contributed by atoms with Crippen LogP contribution in [0.4, 0.5) is 8.78 Å². The highest BCUT2D eigenvalue weighted by Crippen LogP contribution is 2.31. The number of amides is 1. The average molecular weight is 356 g/mol. The molecule has 134 valence electrons. The summed E-state index contributed by atoms with van der Waals surface area (Å²) in [7, 11) is 0. The second-order valence-electron chi connectivity index (χ2n) is 6.59. The molecule has 2 aliphatic heterocycles. The van der Waals surface area contributed by atoms with Crippen LogP contribution in [0.1, 0.15) is 36.3 Å². The number of likely N-dealkylation sites (tertiary alicyclic amines) is 1. The molecule has 2 unspecified atom stereocenters. The summed E-state index contributed by atoms with van der Waals surface area (Å²) in [4.78, 5) is 18.4. The highest BCUT2D eigenvalue weighted by Gasteiger charge is 2.34. The number of nitrogens with one attached hydrogen (secondary N) is 1. The molecule has 26 heavy (non-hydrogen) atoms. The van der Waals surface area contributed by atoms with Crippen LogP contribution in [0.3, 0.4) is 0 Å². The van der Waals surface area contributed by atoms with Crippen LogP contribution in [0.2, 0.25) is 0 Å². The molecule has 3 heterocycles. The van der Waals surface area contributed by atoms with Gasteiger partial charge in [-0.1, -0.05) is 6.07 Å². The van der Waals surface area contributed by atoms with Crippen molar-refractivity contribution in [2.75, 3.05) is 6.54 Å². The van der Waals surface area contributed by atoms with Crippen molar-refractivity contribution in [3.63, 3.8) is 0 Å². The van der Waals surface area contributed by atoms with Crippen molar-refractivity contribution in [3.8, 4) is 0 Å². The van der Waals surface area contributed by atoms with E-state index in [2.05, 4.69) is 15.5 Å². The minimum atomic E-state index is -0.870. The lowest BCUT2D eigenvalue weighted by Gasteiger charge is -2.35. The fraction of sp³-hybridized carbons (Fsp3) is 0.316. The average Bonchev–Trinajstić information content (AvgIpc) is 3.14. The number of nitrogens with zero attached hydrogens (tertiary/aromatic N) is 3. The highest BCUT2D eigenvalue weighted by molar-refractivity contribution is 6.01. The van der Waals surface area contributed by atoms with E-state index in [1.165, 1.54) is 6.07 Å². The van der Waals surface area contributed by atoms with Crippen LogP contribution in [-0.2, 0) is 4.79 Å². The summed E-state index contributed by atoms with van der Waals surface area (Å²) >= 11 is 0. The van der Waals surface area contributed by atoms with E-state index in [4.69, 9.17) is 0 Å². The predicted molar refractivity (Wildman–Crippen MR) is 92.4 cm³/mol. The normalized spacial score (nSPS) is 22.9. The van der Waals surface area contributed by atoms with Gasteiger partial charge >= 0.3 is 0 Å². The van der Waals surface area contributed by atoms with Gasteiger partial charge in [0.1, 0.15) is 6.17 Å². The van der Waals surface area contributed by atoms with Crippen molar-refractivity contribution in [1.29, 1.82) is 0 Å². The lowest BCUT2D eigenvalue weighted by atomic mass is 9.88. The molecule has 0 saturated carbocycles. The van der Waals surface area contributed by atoms with Crippen molar-refractivity contribution in [3.05, 3.63) is 65.5 Å². The van der Waals surface area contributed by atoms with Gasteiger partial charge in [-0.15, -0.1) is 0 Å². The Hall–Kier alpha value is -2.83. The Morgan fingerprint density at radius 3 is 2.62 bits per heavy atom. The summed E-state index contributed by atoms with van der Waals surface area (Å²) < 4.78 is 26.6.